The molecule has 2 aromatic rings. The Bertz CT molecular complexity index is 693. The highest BCUT2D eigenvalue weighted by Gasteiger charge is 2.09. The predicted molar refractivity (Wildman–Crippen MR) is 79.4 cm³/mol. The molecule has 98 valence electrons. The second kappa shape index (κ2) is 6.10. The molecule has 0 spiro atoms. The highest BCUT2D eigenvalue weighted by molar-refractivity contribution is 6.30. The summed E-state index contributed by atoms with van der Waals surface area (Å²) in [5.41, 5.74) is 2.92. The van der Waals surface area contributed by atoms with E-state index in [-0.39, 0.29) is 6.04 Å². The molecule has 0 amide bonds. The monoisotopic (exact) mass is 281 g/mol. The first-order chi connectivity index (χ1) is 9.63. The van der Waals surface area contributed by atoms with Crippen LogP contribution in [0.15, 0.2) is 42.5 Å². The summed E-state index contributed by atoms with van der Waals surface area (Å²) in [7, 11) is 0. The fraction of sp³-hybridized carbons (Fsp3) is 0.125. The van der Waals surface area contributed by atoms with Crippen LogP contribution < -0.4 is 5.32 Å². The summed E-state index contributed by atoms with van der Waals surface area (Å²) >= 11 is 5.96. The second-order valence-electron chi connectivity index (χ2n) is 4.40. The molecule has 1 unspecified atom stereocenters. The average Bonchev–Trinajstić information content (AvgIpc) is 2.47. The first kappa shape index (κ1) is 13.9. The summed E-state index contributed by atoms with van der Waals surface area (Å²) in [5, 5.41) is 21.7. The lowest BCUT2D eigenvalue weighted by atomic mass is 10.1. The maximum absolute atomic E-state index is 9.09. The smallest absolute Gasteiger partial charge is 0.101 e. The number of nitrogens with one attached hydrogen (secondary N) is 1. The van der Waals surface area contributed by atoms with Crippen LogP contribution in [0.4, 0.5) is 5.69 Å². The minimum absolute atomic E-state index is 0.00769. The number of nitrogens with zero attached hydrogens (tertiary/aromatic N) is 2. The Morgan fingerprint density at radius 1 is 1.05 bits per heavy atom. The third-order valence-corrected chi connectivity index (χ3v) is 3.25. The second-order valence-corrected chi connectivity index (χ2v) is 4.84. The SMILES string of the molecule is CC(Nc1cc(Cl)ccc1C#N)c1ccc(C#N)cc1. The molecule has 2 rings (SSSR count). The average molecular weight is 282 g/mol. The van der Waals surface area contributed by atoms with Crippen molar-refractivity contribution in [2.75, 3.05) is 5.32 Å². The van der Waals surface area contributed by atoms with E-state index in [1.807, 2.05) is 19.1 Å². The quantitative estimate of drug-likeness (QED) is 0.914. The lowest BCUT2D eigenvalue weighted by molar-refractivity contribution is 0.884. The van der Waals surface area contributed by atoms with Crippen LogP contribution >= 0.6 is 11.6 Å². The van der Waals surface area contributed by atoms with E-state index in [1.54, 1.807) is 30.3 Å². The van der Waals surface area contributed by atoms with Gasteiger partial charge in [0.1, 0.15) is 6.07 Å². The van der Waals surface area contributed by atoms with Gasteiger partial charge in [-0.15, -0.1) is 0 Å². The van der Waals surface area contributed by atoms with Crippen molar-refractivity contribution in [2.24, 2.45) is 0 Å². The molecule has 0 aromatic heterocycles. The van der Waals surface area contributed by atoms with Gasteiger partial charge in [0.15, 0.2) is 0 Å². The zero-order valence-electron chi connectivity index (χ0n) is 10.9. The normalized spacial score (nSPS) is 11.2. The van der Waals surface area contributed by atoms with Crippen molar-refractivity contribution in [1.29, 1.82) is 10.5 Å². The number of halogens is 1. The summed E-state index contributed by atoms with van der Waals surface area (Å²) in [5.74, 6) is 0. The molecular formula is C16H12ClN3. The maximum Gasteiger partial charge on any atom is 0.101 e. The molecule has 0 saturated carbocycles. The molecule has 2 aromatic carbocycles. The third kappa shape index (κ3) is 3.09. The molecule has 3 nitrogen and oxygen atoms in total. The van der Waals surface area contributed by atoms with Crippen molar-refractivity contribution in [1.82, 2.24) is 0 Å². The van der Waals surface area contributed by atoms with Gasteiger partial charge < -0.3 is 5.32 Å². The highest BCUT2D eigenvalue weighted by atomic mass is 35.5. The summed E-state index contributed by atoms with van der Waals surface area (Å²) in [6, 6.07) is 16.7. The van der Waals surface area contributed by atoms with Crippen LogP contribution in [0.2, 0.25) is 5.02 Å². The zero-order chi connectivity index (χ0) is 14.5. The first-order valence-corrected chi connectivity index (χ1v) is 6.48. The Morgan fingerprint density at radius 3 is 2.35 bits per heavy atom. The van der Waals surface area contributed by atoms with Crippen LogP contribution in [0, 0.1) is 22.7 Å². The van der Waals surface area contributed by atoms with Crippen molar-refractivity contribution < 1.29 is 0 Å². The van der Waals surface area contributed by atoms with Crippen molar-refractivity contribution in [3.8, 4) is 12.1 Å². The van der Waals surface area contributed by atoms with Crippen molar-refractivity contribution >= 4 is 17.3 Å². The maximum atomic E-state index is 9.09. The topological polar surface area (TPSA) is 59.6 Å². The fourth-order valence-electron chi connectivity index (χ4n) is 1.90. The van der Waals surface area contributed by atoms with Crippen LogP contribution in [-0.2, 0) is 0 Å². The Kier molecular flexibility index (Phi) is 4.25. The molecule has 0 bridgehead atoms. The molecule has 0 radical (unpaired) electrons. The van der Waals surface area contributed by atoms with E-state index in [4.69, 9.17) is 22.1 Å². The van der Waals surface area contributed by atoms with Gasteiger partial charge in [-0.05, 0) is 42.8 Å². The molecular weight excluding hydrogens is 270 g/mol. The largest absolute Gasteiger partial charge is 0.377 e. The van der Waals surface area contributed by atoms with E-state index in [0.717, 1.165) is 5.56 Å². The molecule has 0 aliphatic rings. The zero-order valence-corrected chi connectivity index (χ0v) is 11.6. The number of benzene rings is 2. The highest BCUT2D eigenvalue weighted by Crippen LogP contribution is 2.25. The van der Waals surface area contributed by atoms with Crippen LogP contribution in [-0.4, -0.2) is 0 Å². The number of hydrogen-bond acceptors (Lipinski definition) is 3. The van der Waals surface area contributed by atoms with Gasteiger partial charge in [-0.3, -0.25) is 0 Å². The standard InChI is InChI=1S/C16H12ClN3/c1-11(13-4-2-12(9-18)3-5-13)20-16-8-15(17)7-6-14(16)10-19/h2-8,11,20H,1H3. The van der Waals surface area contributed by atoms with Crippen LogP contribution in [0.3, 0.4) is 0 Å². The van der Waals surface area contributed by atoms with Gasteiger partial charge in [0.05, 0.1) is 22.9 Å². The van der Waals surface area contributed by atoms with E-state index < -0.39 is 0 Å². The molecule has 20 heavy (non-hydrogen) atoms. The summed E-state index contributed by atoms with van der Waals surface area (Å²) in [6.45, 7) is 1.99. The van der Waals surface area contributed by atoms with Crippen molar-refractivity contribution in [3.05, 3.63) is 64.2 Å². The van der Waals surface area contributed by atoms with E-state index in [0.29, 0.717) is 21.8 Å². The summed E-state index contributed by atoms with van der Waals surface area (Å²) in [4.78, 5) is 0. The van der Waals surface area contributed by atoms with Gasteiger partial charge in [-0.2, -0.15) is 10.5 Å². The Balaban J connectivity index is 2.23. The van der Waals surface area contributed by atoms with Gasteiger partial charge >= 0.3 is 0 Å². The van der Waals surface area contributed by atoms with E-state index >= 15 is 0 Å². The van der Waals surface area contributed by atoms with Gasteiger partial charge in [-0.1, -0.05) is 23.7 Å². The molecule has 4 heteroatoms. The lowest BCUT2D eigenvalue weighted by Gasteiger charge is -2.17. The Hall–Kier alpha value is -2.49. The number of nitriles is 2. The Morgan fingerprint density at radius 2 is 1.75 bits per heavy atom. The van der Waals surface area contributed by atoms with Gasteiger partial charge in [0, 0.05) is 11.1 Å². The van der Waals surface area contributed by atoms with Crippen LogP contribution in [0.5, 0.6) is 0 Å². The Labute approximate surface area is 123 Å². The van der Waals surface area contributed by atoms with Gasteiger partial charge in [0.25, 0.3) is 0 Å². The predicted octanol–water partition coefficient (Wildman–Crippen LogP) is 4.26. The van der Waals surface area contributed by atoms with Crippen molar-refractivity contribution in [3.63, 3.8) is 0 Å². The van der Waals surface area contributed by atoms with Gasteiger partial charge in [-0.25, -0.2) is 0 Å². The number of anilines is 1. The number of rotatable bonds is 3. The molecule has 0 heterocycles. The summed E-state index contributed by atoms with van der Waals surface area (Å²) < 4.78 is 0. The lowest BCUT2D eigenvalue weighted by Crippen LogP contribution is -2.07. The molecule has 0 fully saturated rings. The van der Waals surface area contributed by atoms with E-state index in [9.17, 15) is 0 Å². The van der Waals surface area contributed by atoms with Gasteiger partial charge in [0.2, 0.25) is 0 Å². The van der Waals surface area contributed by atoms with Crippen LogP contribution in [0.1, 0.15) is 29.7 Å². The van der Waals surface area contributed by atoms with Crippen molar-refractivity contribution in [2.45, 2.75) is 13.0 Å². The molecule has 0 aliphatic heterocycles. The minimum atomic E-state index is 0.00769. The molecule has 1 atom stereocenters. The van der Waals surface area contributed by atoms with Crippen LogP contribution in [0.25, 0.3) is 0 Å². The fourth-order valence-corrected chi connectivity index (χ4v) is 2.07. The minimum Gasteiger partial charge on any atom is -0.377 e. The molecule has 1 N–H and O–H groups in total. The van der Waals surface area contributed by atoms with E-state index in [2.05, 4.69) is 17.5 Å². The number of hydrogen-bond donors (Lipinski definition) is 1. The first-order valence-electron chi connectivity index (χ1n) is 6.10. The molecule has 0 aliphatic carbocycles. The summed E-state index contributed by atoms with van der Waals surface area (Å²) in [6.07, 6.45) is 0. The third-order valence-electron chi connectivity index (χ3n) is 3.01. The molecule has 0 saturated heterocycles. The van der Waals surface area contributed by atoms with E-state index in [1.165, 1.54) is 0 Å².